The molecule has 1 aromatic carbocycles. The molecule has 15 heavy (non-hydrogen) atoms. The molecule has 80 valence electrons. The average Bonchev–Trinajstić information content (AvgIpc) is 2.40. The summed E-state index contributed by atoms with van der Waals surface area (Å²) >= 11 is 0. The van der Waals surface area contributed by atoms with Crippen LogP contribution < -0.4 is 10.1 Å². The van der Waals surface area contributed by atoms with E-state index in [9.17, 15) is 4.79 Å². The standard InChI is InChI=1S/C12H15NO2/c1-2-15-11-5-3-4-9-8-10(14)6-7-13-12(9)11/h3-5,13H,2,6-8H2,1H3. The molecule has 0 fully saturated rings. The van der Waals surface area contributed by atoms with Gasteiger partial charge in [-0.3, -0.25) is 4.79 Å². The number of anilines is 1. The summed E-state index contributed by atoms with van der Waals surface area (Å²) in [7, 11) is 0. The smallest absolute Gasteiger partial charge is 0.142 e. The zero-order valence-electron chi connectivity index (χ0n) is 8.88. The van der Waals surface area contributed by atoms with Crippen molar-refractivity contribution in [1.29, 1.82) is 0 Å². The number of benzene rings is 1. The number of carbonyl (C=O) groups is 1. The van der Waals surface area contributed by atoms with Crippen molar-refractivity contribution < 1.29 is 9.53 Å². The van der Waals surface area contributed by atoms with Crippen LogP contribution in [-0.2, 0) is 11.2 Å². The molecule has 0 aromatic heterocycles. The predicted octanol–water partition coefficient (Wildman–Crippen LogP) is 2.01. The van der Waals surface area contributed by atoms with Crippen LogP contribution in [0.25, 0.3) is 0 Å². The third-order valence-electron chi connectivity index (χ3n) is 2.51. The molecule has 1 N–H and O–H groups in total. The first-order valence-electron chi connectivity index (χ1n) is 5.31. The lowest BCUT2D eigenvalue weighted by Gasteiger charge is -2.13. The Bertz CT molecular complexity index is 374. The zero-order chi connectivity index (χ0) is 10.7. The minimum absolute atomic E-state index is 0.287. The molecule has 0 saturated heterocycles. The van der Waals surface area contributed by atoms with Crippen molar-refractivity contribution in [2.45, 2.75) is 19.8 Å². The molecule has 0 spiro atoms. The highest BCUT2D eigenvalue weighted by atomic mass is 16.5. The Labute approximate surface area is 89.4 Å². The third kappa shape index (κ3) is 2.12. The number of fused-ring (bicyclic) bond motifs is 1. The molecule has 0 atom stereocenters. The Morgan fingerprint density at radius 1 is 1.47 bits per heavy atom. The number of nitrogens with one attached hydrogen (secondary N) is 1. The lowest BCUT2D eigenvalue weighted by molar-refractivity contribution is -0.118. The summed E-state index contributed by atoms with van der Waals surface area (Å²) in [5.74, 6) is 1.14. The van der Waals surface area contributed by atoms with Crippen molar-refractivity contribution in [1.82, 2.24) is 0 Å². The Morgan fingerprint density at radius 3 is 3.13 bits per heavy atom. The maximum absolute atomic E-state index is 11.4. The summed E-state index contributed by atoms with van der Waals surface area (Å²) in [5.41, 5.74) is 2.04. The second-order valence-electron chi connectivity index (χ2n) is 3.62. The monoisotopic (exact) mass is 205 g/mol. The quantitative estimate of drug-likeness (QED) is 0.802. The normalized spacial score (nSPS) is 15.1. The molecule has 3 heteroatoms. The highest BCUT2D eigenvalue weighted by Gasteiger charge is 2.16. The van der Waals surface area contributed by atoms with Crippen LogP contribution in [0.1, 0.15) is 18.9 Å². The van der Waals surface area contributed by atoms with E-state index >= 15 is 0 Å². The maximum atomic E-state index is 11.4. The van der Waals surface area contributed by atoms with E-state index in [0.29, 0.717) is 26.0 Å². The van der Waals surface area contributed by atoms with E-state index in [1.807, 2.05) is 25.1 Å². The second kappa shape index (κ2) is 4.34. The van der Waals surface area contributed by atoms with Gasteiger partial charge in [-0.15, -0.1) is 0 Å². The van der Waals surface area contributed by atoms with Crippen molar-refractivity contribution in [3.63, 3.8) is 0 Å². The van der Waals surface area contributed by atoms with Gasteiger partial charge in [0.1, 0.15) is 11.5 Å². The van der Waals surface area contributed by atoms with E-state index in [1.165, 1.54) is 0 Å². The zero-order valence-corrected chi connectivity index (χ0v) is 8.88. The van der Waals surface area contributed by atoms with Crippen LogP contribution in [0.4, 0.5) is 5.69 Å². The summed E-state index contributed by atoms with van der Waals surface area (Å²) in [6.07, 6.45) is 1.11. The van der Waals surface area contributed by atoms with Gasteiger partial charge in [0.15, 0.2) is 0 Å². The molecule has 0 aliphatic carbocycles. The number of para-hydroxylation sites is 1. The summed E-state index contributed by atoms with van der Waals surface area (Å²) in [5, 5.41) is 3.26. The van der Waals surface area contributed by atoms with E-state index in [-0.39, 0.29) is 5.78 Å². The van der Waals surface area contributed by atoms with Crippen LogP contribution in [-0.4, -0.2) is 18.9 Å². The van der Waals surface area contributed by atoms with Crippen LogP contribution in [0.3, 0.4) is 0 Å². The van der Waals surface area contributed by atoms with Gasteiger partial charge < -0.3 is 10.1 Å². The minimum atomic E-state index is 0.287. The van der Waals surface area contributed by atoms with Crippen LogP contribution in [0.2, 0.25) is 0 Å². The van der Waals surface area contributed by atoms with Gasteiger partial charge in [0.05, 0.1) is 12.3 Å². The molecule has 1 heterocycles. The molecule has 1 aliphatic heterocycles. The van der Waals surface area contributed by atoms with Crippen LogP contribution >= 0.6 is 0 Å². The molecule has 1 aromatic rings. The van der Waals surface area contributed by atoms with Gasteiger partial charge in [-0.25, -0.2) is 0 Å². The van der Waals surface area contributed by atoms with E-state index < -0.39 is 0 Å². The summed E-state index contributed by atoms with van der Waals surface area (Å²) in [4.78, 5) is 11.4. The molecular formula is C12H15NO2. The first-order chi connectivity index (χ1) is 7.31. The first-order valence-corrected chi connectivity index (χ1v) is 5.31. The SMILES string of the molecule is CCOc1cccc2c1NCCC(=O)C2. The summed E-state index contributed by atoms with van der Waals surface area (Å²) in [6.45, 7) is 3.31. The van der Waals surface area contributed by atoms with Crippen molar-refractivity contribution in [3.05, 3.63) is 23.8 Å². The first kappa shape index (κ1) is 10.0. The Hall–Kier alpha value is -1.51. The predicted molar refractivity (Wildman–Crippen MR) is 59.4 cm³/mol. The molecule has 0 amide bonds. The van der Waals surface area contributed by atoms with Gasteiger partial charge in [-0.1, -0.05) is 12.1 Å². The third-order valence-corrected chi connectivity index (χ3v) is 2.51. The lowest BCUT2D eigenvalue weighted by Crippen LogP contribution is -2.04. The second-order valence-corrected chi connectivity index (χ2v) is 3.62. The number of ketones is 1. The number of carbonyl (C=O) groups excluding carboxylic acids is 1. The molecular weight excluding hydrogens is 190 g/mol. The van der Waals surface area contributed by atoms with Gasteiger partial charge in [-0.05, 0) is 18.6 Å². The number of hydrogen-bond acceptors (Lipinski definition) is 3. The van der Waals surface area contributed by atoms with E-state index in [0.717, 1.165) is 17.0 Å². The molecule has 0 saturated carbocycles. The van der Waals surface area contributed by atoms with Crippen LogP contribution in [0, 0.1) is 0 Å². The van der Waals surface area contributed by atoms with Crippen molar-refractivity contribution in [3.8, 4) is 5.75 Å². The molecule has 0 bridgehead atoms. The highest BCUT2D eigenvalue weighted by Crippen LogP contribution is 2.30. The molecule has 2 rings (SSSR count). The summed E-state index contributed by atoms with van der Waals surface area (Å²) in [6, 6.07) is 5.85. The Kier molecular flexibility index (Phi) is 2.90. The fourth-order valence-electron chi connectivity index (χ4n) is 1.83. The maximum Gasteiger partial charge on any atom is 0.142 e. The Balaban J connectivity index is 2.36. The average molecular weight is 205 g/mol. The largest absolute Gasteiger partial charge is 0.492 e. The molecule has 3 nitrogen and oxygen atoms in total. The fraction of sp³-hybridized carbons (Fsp3) is 0.417. The number of ether oxygens (including phenoxy) is 1. The number of Topliss-reactive ketones (excluding diaryl/α,β-unsaturated/α-hetero) is 1. The lowest BCUT2D eigenvalue weighted by atomic mass is 10.1. The van der Waals surface area contributed by atoms with E-state index in [1.54, 1.807) is 0 Å². The summed E-state index contributed by atoms with van der Waals surface area (Å²) < 4.78 is 5.52. The fourth-order valence-corrected chi connectivity index (χ4v) is 1.83. The Morgan fingerprint density at radius 2 is 2.33 bits per heavy atom. The van der Waals surface area contributed by atoms with Gasteiger partial charge in [-0.2, -0.15) is 0 Å². The van der Waals surface area contributed by atoms with Crippen molar-refractivity contribution in [2.24, 2.45) is 0 Å². The number of hydrogen-bond donors (Lipinski definition) is 1. The molecule has 0 unspecified atom stereocenters. The van der Waals surface area contributed by atoms with E-state index in [4.69, 9.17) is 4.74 Å². The van der Waals surface area contributed by atoms with Gasteiger partial charge in [0.2, 0.25) is 0 Å². The number of rotatable bonds is 2. The van der Waals surface area contributed by atoms with Crippen molar-refractivity contribution >= 4 is 11.5 Å². The molecule has 1 aliphatic rings. The van der Waals surface area contributed by atoms with Gasteiger partial charge >= 0.3 is 0 Å². The van der Waals surface area contributed by atoms with Crippen LogP contribution in [0.5, 0.6) is 5.75 Å². The minimum Gasteiger partial charge on any atom is -0.492 e. The van der Waals surface area contributed by atoms with E-state index in [2.05, 4.69) is 5.32 Å². The van der Waals surface area contributed by atoms with Crippen LogP contribution in [0.15, 0.2) is 18.2 Å². The molecule has 0 radical (unpaired) electrons. The highest BCUT2D eigenvalue weighted by molar-refractivity contribution is 5.85. The van der Waals surface area contributed by atoms with Gasteiger partial charge in [0, 0.05) is 19.4 Å². The van der Waals surface area contributed by atoms with Gasteiger partial charge in [0.25, 0.3) is 0 Å². The topological polar surface area (TPSA) is 38.3 Å². The van der Waals surface area contributed by atoms with Crippen molar-refractivity contribution in [2.75, 3.05) is 18.5 Å².